The molecule has 0 amide bonds. The lowest BCUT2D eigenvalue weighted by atomic mass is 10.2. The SMILES string of the molecule is c1ccc(-c2nc(-c3ccccc3)nc(-n3c4ccccc4c4c3c3c(c5ccccc5n3-c3ccccc3)n4-c3ncccn3)n2)cc1. The van der Waals surface area contributed by atoms with Crippen molar-refractivity contribution >= 4 is 43.9 Å². The number of hydrogen-bond acceptors (Lipinski definition) is 5. The van der Waals surface area contributed by atoms with Crippen molar-refractivity contribution in [2.24, 2.45) is 0 Å². The van der Waals surface area contributed by atoms with E-state index in [1.54, 1.807) is 12.4 Å². The molecular weight excluding hydrogens is 605 g/mol. The van der Waals surface area contributed by atoms with Gasteiger partial charge in [0.2, 0.25) is 11.9 Å². The highest BCUT2D eigenvalue weighted by Gasteiger charge is 2.29. The van der Waals surface area contributed by atoms with Crippen LogP contribution >= 0.6 is 0 Å². The zero-order valence-corrected chi connectivity index (χ0v) is 26.1. The van der Waals surface area contributed by atoms with Gasteiger partial charge in [-0.05, 0) is 30.3 Å². The van der Waals surface area contributed by atoms with Gasteiger partial charge in [-0.3, -0.25) is 9.13 Å². The maximum absolute atomic E-state index is 5.21. The van der Waals surface area contributed by atoms with Crippen LogP contribution in [0.3, 0.4) is 0 Å². The van der Waals surface area contributed by atoms with E-state index in [9.17, 15) is 0 Å². The molecule has 0 N–H and O–H groups in total. The van der Waals surface area contributed by atoms with Crippen molar-refractivity contribution < 1.29 is 0 Å². The molecular formula is C41H26N8. The molecule has 230 valence electrons. The number of fused-ring (bicyclic) bond motifs is 7. The van der Waals surface area contributed by atoms with Crippen LogP contribution in [0.1, 0.15) is 0 Å². The van der Waals surface area contributed by atoms with Crippen molar-refractivity contribution in [1.82, 2.24) is 38.6 Å². The third-order valence-electron chi connectivity index (χ3n) is 9.02. The van der Waals surface area contributed by atoms with E-state index < -0.39 is 0 Å². The van der Waals surface area contributed by atoms with Crippen LogP contribution in [0.2, 0.25) is 0 Å². The monoisotopic (exact) mass is 630 g/mol. The van der Waals surface area contributed by atoms with Crippen LogP contribution < -0.4 is 0 Å². The van der Waals surface area contributed by atoms with Crippen molar-refractivity contribution in [2.75, 3.05) is 0 Å². The summed E-state index contributed by atoms with van der Waals surface area (Å²) in [7, 11) is 0. The van der Waals surface area contributed by atoms with Crippen LogP contribution in [0.5, 0.6) is 0 Å². The Morgan fingerprint density at radius 2 is 0.816 bits per heavy atom. The summed E-state index contributed by atoms with van der Waals surface area (Å²) < 4.78 is 6.72. The van der Waals surface area contributed by atoms with Gasteiger partial charge in [0.25, 0.3) is 0 Å². The summed E-state index contributed by atoms with van der Waals surface area (Å²) in [5, 5.41) is 2.12. The molecule has 8 heteroatoms. The van der Waals surface area contributed by atoms with Crippen molar-refractivity contribution in [1.29, 1.82) is 0 Å². The van der Waals surface area contributed by atoms with E-state index in [1.807, 2.05) is 72.8 Å². The highest BCUT2D eigenvalue weighted by atomic mass is 15.2. The second kappa shape index (κ2) is 10.8. The quantitative estimate of drug-likeness (QED) is 0.190. The van der Waals surface area contributed by atoms with Gasteiger partial charge in [0.05, 0.1) is 27.6 Å². The summed E-state index contributed by atoms with van der Waals surface area (Å²) in [5.74, 6) is 2.31. The van der Waals surface area contributed by atoms with E-state index in [2.05, 4.69) is 86.5 Å². The summed E-state index contributed by atoms with van der Waals surface area (Å²) in [6.45, 7) is 0. The first-order valence-corrected chi connectivity index (χ1v) is 16.1. The molecule has 0 spiro atoms. The molecule has 0 saturated carbocycles. The van der Waals surface area contributed by atoms with E-state index >= 15 is 0 Å². The Balaban J connectivity index is 1.44. The number of aromatic nitrogens is 8. The number of rotatable bonds is 5. The predicted octanol–water partition coefficient (Wildman–Crippen LogP) is 8.98. The van der Waals surface area contributed by atoms with Gasteiger partial charge < -0.3 is 4.57 Å². The molecule has 49 heavy (non-hydrogen) atoms. The van der Waals surface area contributed by atoms with E-state index in [0.29, 0.717) is 23.5 Å². The van der Waals surface area contributed by atoms with Crippen molar-refractivity contribution in [3.63, 3.8) is 0 Å². The maximum atomic E-state index is 5.21. The van der Waals surface area contributed by atoms with Gasteiger partial charge in [-0.25, -0.2) is 15.0 Å². The lowest BCUT2D eigenvalue weighted by Gasteiger charge is -2.12. The van der Waals surface area contributed by atoms with E-state index in [0.717, 1.165) is 60.7 Å². The minimum Gasteiger partial charge on any atom is -0.306 e. The third kappa shape index (κ3) is 4.14. The summed E-state index contributed by atoms with van der Waals surface area (Å²) >= 11 is 0. The normalized spacial score (nSPS) is 11.7. The van der Waals surface area contributed by atoms with Gasteiger partial charge in [0, 0.05) is 40.0 Å². The number of benzene rings is 5. The Bertz CT molecular complexity index is 2740. The van der Waals surface area contributed by atoms with Gasteiger partial charge in [-0.2, -0.15) is 9.97 Å². The van der Waals surface area contributed by atoms with Gasteiger partial charge in [-0.15, -0.1) is 0 Å². The molecule has 0 aliphatic rings. The fourth-order valence-electron chi connectivity index (χ4n) is 7.00. The molecule has 0 unspecified atom stereocenters. The molecule has 0 bridgehead atoms. The van der Waals surface area contributed by atoms with Crippen LogP contribution in [0.15, 0.2) is 158 Å². The fourth-order valence-corrected chi connectivity index (χ4v) is 7.00. The van der Waals surface area contributed by atoms with Crippen LogP contribution in [0.25, 0.3) is 84.2 Å². The van der Waals surface area contributed by atoms with Crippen LogP contribution in [-0.2, 0) is 0 Å². The van der Waals surface area contributed by atoms with Crippen LogP contribution in [0.4, 0.5) is 0 Å². The highest BCUT2D eigenvalue weighted by molar-refractivity contribution is 6.25. The lowest BCUT2D eigenvalue weighted by Crippen LogP contribution is -2.06. The minimum atomic E-state index is 0.525. The van der Waals surface area contributed by atoms with Gasteiger partial charge in [0.1, 0.15) is 5.52 Å². The minimum absolute atomic E-state index is 0.525. The molecule has 0 aliphatic heterocycles. The Morgan fingerprint density at radius 1 is 0.347 bits per heavy atom. The Morgan fingerprint density at radius 3 is 1.39 bits per heavy atom. The molecule has 0 radical (unpaired) electrons. The average molecular weight is 631 g/mol. The molecule has 5 aromatic carbocycles. The lowest BCUT2D eigenvalue weighted by molar-refractivity contribution is 0.952. The van der Waals surface area contributed by atoms with E-state index in [4.69, 9.17) is 24.9 Å². The number of para-hydroxylation sites is 3. The van der Waals surface area contributed by atoms with E-state index in [-0.39, 0.29) is 0 Å². The summed E-state index contributed by atoms with van der Waals surface area (Å²) in [5.41, 5.74) is 8.86. The largest absolute Gasteiger partial charge is 0.306 e. The third-order valence-corrected chi connectivity index (χ3v) is 9.02. The Labute approximate surface area is 280 Å². The van der Waals surface area contributed by atoms with Gasteiger partial charge >= 0.3 is 0 Å². The van der Waals surface area contributed by atoms with Crippen LogP contribution in [0, 0.1) is 0 Å². The van der Waals surface area contributed by atoms with Gasteiger partial charge in [-0.1, -0.05) is 115 Å². The molecule has 0 saturated heterocycles. The zero-order chi connectivity index (χ0) is 32.3. The molecule has 5 heterocycles. The highest BCUT2D eigenvalue weighted by Crippen LogP contribution is 2.44. The standard InChI is InChI=1S/C41H26N8/c1-4-15-27(16-5-1)38-44-39(28-17-6-2-7-18-28)46-41(45-38)48-33-24-13-11-22-31(33)35-37(48)36-34(49(35)40-42-25-14-26-43-40)30-21-10-12-23-32(30)47(36)29-19-8-3-9-20-29/h1-26H. The first kappa shape index (κ1) is 27.2. The van der Waals surface area contributed by atoms with Crippen molar-refractivity contribution in [3.8, 4) is 40.4 Å². The molecule has 0 aliphatic carbocycles. The number of nitrogens with zero attached hydrogens (tertiary/aromatic N) is 8. The van der Waals surface area contributed by atoms with Gasteiger partial charge in [0.15, 0.2) is 11.6 Å². The molecule has 5 aromatic heterocycles. The Kier molecular flexibility index (Phi) is 6.01. The first-order valence-electron chi connectivity index (χ1n) is 16.1. The average Bonchev–Trinajstić information content (AvgIpc) is 3.81. The Hall–Kier alpha value is -6.93. The van der Waals surface area contributed by atoms with Crippen molar-refractivity contribution in [3.05, 3.63) is 158 Å². The molecule has 0 atom stereocenters. The fraction of sp³-hybridized carbons (Fsp3) is 0. The van der Waals surface area contributed by atoms with E-state index in [1.165, 1.54) is 0 Å². The topological polar surface area (TPSA) is 79.2 Å². The summed E-state index contributed by atoms with van der Waals surface area (Å²) in [4.78, 5) is 25.0. The smallest absolute Gasteiger partial charge is 0.238 e. The first-order chi connectivity index (χ1) is 24.3. The second-order valence-electron chi connectivity index (χ2n) is 11.8. The second-order valence-corrected chi connectivity index (χ2v) is 11.8. The summed E-state index contributed by atoms with van der Waals surface area (Å²) in [6, 6.07) is 49.4. The zero-order valence-electron chi connectivity index (χ0n) is 26.1. The van der Waals surface area contributed by atoms with Crippen LogP contribution in [-0.4, -0.2) is 38.6 Å². The summed E-state index contributed by atoms with van der Waals surface area (Å²) in [6.07, 6.45) is 3.58. The molecule has 0 fully saturated rings. The predicted molar refractivity (Wildman–Crippen MR) is 194 cm³/mol. The molecule has 10 aromatic rings. The molecule has 8 nitrogen and oxygen atoms in total. The maximum Gasteiger partial charge on any atom is 0.238 e. The molecule has 10 rings (SSSR count). The number of hydrogen-bond donors (Lipinski definition) is 0. The van der Waals surface area contributed by atoms with Crippen molar-refractivity contribution in [2.45, 2.75) is 0 Å².